The van der Waals surface area contributed by atoms with Crippen LogP contribution in [0.2, 0.25) is 0 Å². The van der Waals surface area contributed by atoms with Crippen molar-refractivity contribution in [2.75, 3.05) is 34.2 Å². The Morgan fingerprint density at radius 1 is 1.00 bits per heavy atom. The van der Waals surface area contributed by atoms with Gasteiger partial charge in [-0.2, -0.15) is 0 Å². The number of rotatable bonds is 8. The van der Waals surface area contributed by atoms with E-state index in [2.05, 4.69) is 4.74 Å². The number of nitrogens with two attached hydrogens (primary N) is 1. The van der Waals surface area contributed by atoms with E-state index in [0.29, 0.717) is 17.1 Å². The number of thiophene rings is 1. The van der Waals surface area contributed by atoms with Crippen molar-refractivity contribution in [1.82, 2.24) is 0 Å². The third kappa shape index (κ3) is 5.09. The summed E-state index contributed by atoms with van der Waals surface area (Å²) in [5, 5.41) is 0.121. The van der Waals surface area contributed by atoms with Gasteiger partial charge in [0.05, 0.1) is 28.4 Å². The Morgan fingerprint density at radius 2 is 1.70 bits per heavy atom. The highest BCUT2D eigenvalue weighted by Gasteiger charge is 2.27. The minimum absolute atomic E-state index is 0.0551. The normalized spacial score (nSPS) is 10.5. The van der Waals surface area contributed by atoms with E-state index in [1.165, 1.54) is 34.5 Å². The van der Waals surface area contributed by atoms with Crippen molar-refractivity contribution < 1.29 is 38.1 Å². The minimum Gasteiger partial charge on any atom is -0.493 e. The monoisotopic (exact) mass is 435 g/mol. The summed E-state index contributed by atoms with van der Waals surface area (Å²) in [6, 6.07) is 4.97. The fourth-order valence-corrected chi connectivity index (χ4v) is 3.47. The summed E-state index contributed by atoms with van der Waals surface area (Å²) in [5.74, 6) is -1.09. The van der Waals surface area contributed by atoms with Crippen LogP contribution in [0.5, 0.6) is 11.5 Å². The van der Waals surface area contributed by atoms with Crippen molar-refractivity contribution in [3.8, 4) is 11.5 Å². The Morgan fingerprint density at radius 3 is 2.30 bits per heavy atom. The molecule has 0 atom stereocenters. The number of nitrogen functional groups attached to an aromatic ring is 1. The van der Waals surface area contributed by atoms with E-state index in [0.717, 1.165) is 11.3 Å². The number of benzene rings is 1. The lowest BCUT2D eigenvalue weighted by Crippen LogP contribution is -2.11. The van der Waals surface area contributed by atoms with Crippen LogP contribution in [0.3, 0.4) is 0 Å². The number of anilines is 1. The number of methoxy groups -OCH3 is 4. The maximum atomic E-state index is 12.1. The number of hydrogen-bond donors (Lipinski definition) is 1. The lowest BCUT2D eigenvalue weighted by atomic mass is 10.1. The Balaban J connectivity index is 2.34. The fourth-order valence-electron chi connectivity index (χ4n) is 2.50. The van der Waals surface area contributed by atoms with E-state index in [4.69, 9.17) is 24.7 Å². The maximum absolute atomic E-state index is 12.1. The molecule has 0 amide bonds. The molecule has 9 nitrogen and oxygen atoms in total. The number of hydrogen-bond acceptors (Lipinski definition) is 10. The van der Waals surface area contributed by atoms with Gasteiger partial charge in [0.2, 0.25) is 0 Å². The molecule has 1 heterocycles. The summed E-state index contributed by atoms with van der Waals surface area (Å²) in [6.07, 6.45) is 2.83. The highest BCUT2D eigenvalue weighted by Crippen LogP contribution is 2.35. The van der Waals surface area contributed by atoms with Crippen LogP contribution in [0.15, 0.2) is 24.3 Å². The van der Waals surface area contributed by atoms with Gasteiger partial charge in [-0.3, -0.25) is 0 Å². The lowest BCUT2D eigenvalue weighted by molar-refractivity contribution is -0.134. The largest absolute Gasteiger partial charge is 0.493 e. The molecule has 0 aliphatic rings. The average Bonchev–Trinajstić information content (AvgIpc) is 3.10. The predicted octanol–water partition coefficient (Wildman–Crippen LogP) is 2.68. The van der Waals surface area contributed by atoms with Gasteiger partial charge in [0.25, 0.3) is 0 Å². The van der Waals surface area contributed by atoms with Crippen molar-refractivity contribution in [2.45, 2.75) is 6.61 Å². The first-order chi connectivity index (χ1) is 14.4. The summed E-state index contributed by atoms with van der Waals surface area (Å²) in [7, 11) is 5.18. The number of carbonyl (C=O) groups is 3. The first-order valence-electron chi connectivity index (χ1n) is 8.50. The Bertz CT molecular complexity index is 979. The molecule has 0 radical (unpaired) electrons. The van der Waals surface area contributed by atoms with Crippen LogP contribution in [0.25, 0.3) is 6.08 Å². The Kier molecular flexibility index (Phi) is 7.82. The zero-order valence-electron chi connectivity index (χ0n) is 16.8. The highest BCUT2D eigenvalue weighted by atomic mass is 32.1. The molecule has 1 aromatic carbocycles. The van der Waals surface area contributed by atoms with Crippen molar-refractivity contribution >= 4 is 40.3 Å². The zero-order valence-corrected chi connectivity index (χ0v) is 17.7. The molecule has 1 aromatic heterocycles. The summed E-state index contributed by atoms with van der Waals surface area (Å²) in [6.45, 7) is -0.156. The molecule has 0 saturated heterocycles. The van der Waals surface area contributed by atoms with Crippen molar-refractivity contribution in [3.63, 3.8) is 0 Å². The molecule has 160 valence electrons. The molecular formula is C20H21NO8S. The summed E-state index contributed by atoms with van der Waals surface area (Å²) < 4.78 is 25.2. The second-order valence-electron chi connectivity index (χ2n) is 5.69. The summed E-state index contributed by atoms with van der Waals surface area (Å²) >= 11 is 0.915. The molecule has 10 heteroatoms. The maximum Gasteiger partial charge on any atom is 0.348 e. The SMILES string of the molecule is COC(=O)/C=C/c1ccc(OCc2c(C(=O)OC)sc(N)c2C(=O)OC)c(OC)c1. The molecule has 0 saturated carbocycles. The Labute approximate surface area is 176 Å². The van der Waals surface area contributed by atoms with Crippen LogP contribution in [-0.2, 0) is 25.6 Å². The van der Waals surface area contributed by atoms with E-state index >= 15 is 0 Å². The molecule has 0 aliphatic heterocycles. The summed E-state index contributed by atoms with van der Waals surface area (Å²) in [4.78, 5) is 35.6. The number of esters is 3. The smallest absolute Gasteiger partial charge is 0.348 e. The third-order valence-corrected chi connectivity index (χ3v) is 5.01. The second-order valence-corrected chi connectivity index (χ2v) is 6.74. The first kappa shape index (κ1) is 22.8. The van der Waals surface area contributed by atoms with Gasteiger partial charge in [0.15, 0.2) is 11.5 Å². The van der Waals surface area contributed by atoms with E-state index in [1.54, 1.807) is 24.3 Å². The molecule has 0 aliphatic carbocycles. The molecule has 30 heavy (non-hydrogen) atoms. The van der Waals surface area contributed by atoms with E-state index in [-0.39, 0.29) is 27.6 Å². The van der Waals surface area contributed by atoms with Crippen molar-refractivity contribution in [2.24, 2.45) is 0 Å². The van der Waals surface area contributed by atoms with E-state index in [9.17, 15) is 14.4 Å². The third-order valence-electron chi connectivity index (χ3n) is 3.97. The van der Waals surface area contributed by atoms with Crippen molar-refractivity contribution in [3.05, 3.63) is 45.8 Å². The van der Waals surface area contributed by atoms with Crippen LogP contribution in [0.1, 0.15) is 31.2 Å². The van der Waals surface area contributed by atoms with Crippen LogP contribution >= 0.6 is 11.3 Å². The number of ether oxygens (including phenoxy) is 5. The van der Waals surface area contributed by atoms with Gasteiger partial charge in [0.1, 0.15) is 22.0 Å². The highest BCUT2D eigenvalue weighted by molar-refractivity contribution is 7.18. The van der Waals surface area contributed by atoms with Crippen LogP contribution in [0.4, 0.5) is 5.00 Å². The minimum atomic E-state index is -0.687. The quantitative estimate of drug-likeness (QED) is 0.379. The van der Waals surface area contributed by atoms with Crippen molar-refractivity contribution in [1.29, 1.82) is 0 Å². The molecule has 2 rings (SSSR count). The molecule has 0 bridgehead atoms. The van der Waals surface area contributed by atoms with Crippen LogP contribution in [0, 0.1) is 0 Å². The van der Waals surface area contributed by atoms with Gasteiger partial charge in [0, 0.05) is 11.6 Å². The van der Waals surface area contributed by atoms with Gasteiger partial charge < -0.3 is 29.4 Å². The van der Waals surface area contributed by atoms with Gasteiger partial charge in [-0.05, 0) is 23.8 Å². The molecule has 2 N–H and O–H groups in total. The van der Waals surface area contributed by atoms with E-state index in [1.807, 2.05) is 0 Å². The molecule has 0 fully saturated rings. The molecule has 0 unspecified atom stereocenters. The molecule has 0 spiro atoms. The first-order valence-corrected chi connectivity index (χ1v) is 9.32. The Hall–Kier alpha value is -3.53. The van der Waals surface area contributed by atoms with Gasteiger partial charge in [-0.25, -0.2) is 14.4 Å². The predicted molar refractivity (Wildman–Crippen MR) is 110 cm³/mol. The average molecular weight is 435 g/mol. The van der Waals surface area contributed by atoms with Crippen LogP contribution < -0.4 is 15.2 Å². The van der Waals surface area contributed by atoms with Gasteiger partial charge >= 0.3 is 17.9 Å². The van der Waals surface area contributed by atoms with E-state index < -0.39 is 17.9 Å². The molecule has 2 aromatic rings. The molecular weight excluding hydrogens is 414 g/mol. The topological polar surface area (TPSA) is 123 Å². The van der Waals surface area contributed by atoms with Crippen LogP contribution in [-0.4, -0.2) is 46.3 Å². The lowest BCUT2D eigenvalue weighted by Gasteiger charge is -2.12. The zero-order chi connectivity index (χ0) is 22.3. The second kappa shape index (κ2) is 10.3. The standard InChI is InChI=1S/C20H21NO8S/c1-25-14-9-11(6-8-15(22)26-2)5-7-13(14)29-10-12-16(19(23)27-3)18(21)30-17(12)20(24)28-4/h5-9H,10,21H2,1-4H3/b8-6+. The van der Waals surface area contributed by atoms with Gasteiger partial charge in [-0.15, -0.1) is 11.3 Å². The fraction of sp³-hybridized carbons (Fsp3) is 0.250. The summed E-state index contributed by atoms with van der Waals surface area (Å²) in [5.41, 5.74) is 6.90. The number of carbonyl (C=O) groups excluding carboxylic acids is 3. The van der Waals surface area contributed by atoms with Gasteiger partial charge in [-0.1, -0.05) is 6.07 Å².